The zero-order valence-corrected chi connectivity index (χ0v) is 32.7. The van der Waals surface area contributed by atoms with Crippen molar-refractivity contribution in [3.8, 4) is 0 Å². The first kappa shape index (κ1) is 33.7. The van der Waals surface area contributed by atoms with Gasteiger partial charge in [-0.3, -0.25) is 4.99 Å². The number of allylic oxidation sites excluding steroid dienone is 7. The van der Waals surface area contributed by atoms with Crippen molar-refractivity contribution >= 4 is 42.1 Å². The molecule has 3 aromatic rings. The van der Waals surface area contributed by atoms with Gasteiger partial charge in [-0.05, 0) is 76.9 Å². The molecule has 0 saturated carbocycles. The Balaban J connectivity index is 0.00000401. The Labute approximate surface area is 297 Å². The van der Waals surface area contributed by atoms with Gasteiger partial charge in [0.05, 0.1) is 22.8 Å². The van der Waals surface area contributed by atoms with E-state index in [-0.39, 0.29) is 30.7 Å². The molecule has 1 aromatic heterocycles. The minimum atomic E-state index is -1.31. The SMILES string of the molecule is Cc1ccc(C2=C3C=CC(=N3)C=C3N=C(C=C4C=CC(=N4)C(=c4ccc(=C([O-])CC[Si](C)(C)C)cc4)c4ccc2[n-]4)CC3(C)C)cc1.[Zn+2]. The van der Waals surface area contributed by atoms with Gasteiger partial charge >= 0.3 is 19.5 Å². The number of benzene rings is 2. The fourth-order valence-electron chi connectivity index (χ4n) is 6.38. The average Bonchev–Trinajstić information content (AvgIpc) is 3.83. The number of hydrogen-bond acceptors (Lipinski definition) is 4. The van der Waals surface area contributed by atoms with Gasteiger partial charge < -0.3 is 10.1 Å². The van der Waals surface area contributed by atoms with Crippen LogP contribution >= 0.6 is 0 Å². The van der Waals surface area contributed by atoms with Crippen LogP contribution in [0.1, 0.15) is 49.2 Å². The van der Waals surface area contributed by atoms with E-state index in [0.29, 0.717) is 6.42 Å². The van der Waals surface area contributed by atoms with E-state index in [0.717, 1.165) is 85.2 Å². The summed E-state index contributed by atoms with van der Waals surface area (Å²) in [6.07, 6.45) is 13.9. The number of fused-ring (bicyclic) bond motifs is 5. The van der Waals surface area contributed by atoms with E-state index in [2.05, 4.69) is 113 Å². The summed E-state index contributed by atoms with van der Waals surface area (Å²) in [5, 5.41) is 14.8. The van der Waals surface area contributed by atoms with Crippen molar-refractivity contribution < 1.29 is 24.6 Å². The van der Waals surface area contributed by atoms with Crippen LogP contribution in [-0.2, 0) is 19.5 Å². The number of aromatic nitrogens is 1. The minimum Gasteiger partial charge on any atom is -0.875 e. The molecule has 0 N–H and O–H groups in total. The molecule has 5 nitrogen and oxygen atoms in total. The van der Waals surface area contributed by atoms with Crippen LogP contribution < -0.4 is 20.5 Å². The summed E-state index contributed by atoms with van der Waals surface area (Å²) >= 11 is 0. The first-order chi connectivity index (χ1) is 22.4. The Morgan fingerprint density at radius 3 is 2.23 bits per heavy atom. The predicted molar refractivity (Wildman–Crippen MR) is 196 cm³/mol. The summed E-state index contributed by atoms with van der Waals surface area (Å²) in [6, 6.07) is 21.7. The molecular formula is C41H40N4OSiZn. The second-order valence-electron chi connectivity index (χ2n) is 14.7. The maximum absolute atomic E-state index is 13.1. The molecule has 0 aliphatic carbocycles. The van der Waals surface area contributed by atoms with Crippen molar-refractivity contribution in [1.82, 2.24) is 4.98 Å². The molecule has 4 aliphatic rings. The Hall–Kier alpha value is -4.19. The van der Waals surface area contributed by atoms with Crippen LogP contribution in [0.25, 0.3) is 16.9 Å². The van der Waals surface area contributed by atoms with Crippen LogP contribution in [-0.4, -0.2) is 25.2 Å². The van der Waals surface area contributed by atoms with Gasteiger partial charge in [-0.15, -0.1) is 17.1 Å². The smallest absolute Gasteiger partial charge is 0.875 e. The van der Waals surface area contributed by atoms with Gasteiger partial charge in [-0.25, -0.2) is 9.98 Å². The molecule has 4 aliphatic heterocycles. The van der Waals surface area contributed by atoms with Crippen LogP contribution in [0, 0.1) is 12.3 Å². The third-order valence-electron chi connectivity index (χ3n) is 9.11. The Bertz CT molecular complexity index is 2150. The molecule has 5 heterocycles. The maximum atomic E-state index is 13.1. The van der Waals surface area contributed by atoms with Crippen molar-refractivity contribution in [2.75, 3.05) is 0 Å². The Kier molecular flexibility index (Phi) is 9.14. The third kappa shape index (κ3) is 6.99. The first-order valence-corrected chi connectivity index (χ1v) is 20.1. The predicted octanol–water partition coefficient (Wildman–Crippen LogP) is 6.78. The fourth-order valence-corrected chi connectivity index (χ4v) is 7.35. The van der Waals surface area contributed by atoms with Gasteiger partial charge in [0, 0.05) is 31.3 Å². The van der Waals surface area contributed by atoms with Crippen LogP contribution in [0.5, 0.6) is 0 Å². The monoisotopic (exact) mass is 696 g/mol. The average molecular weight is 698 g/mol. The van der Waals surface area contributed by atoms with Crippen LogP contribution in [0.2, 0.25) is 25.7 Å². The minimum absolute atomic E-state index is 0. The van der Waals surface area contributed by atoms with Crippen molar-refractivity contribution in [3.05, 3.63) is 147 Å². The molecular weight excluding hydrogens is 658 g/mol. The summed E-state index contributed by atoms with van der Waals surface area (Å²) in [4.78, 5) is 20.5. The summed E-state index contributed by atoms with van der Waals surface area (Å²) < 4.78 is 0. The third-order valence-corrected chi connectivity index (χ3v) is 10.9. The molecule has 0 spiro atoms. The zero-order valence-electron chi connectivity index (χ0n) is 28.8. The standard InChI is InChI=1S/C41H41N4OSi.Zn/c1-26-7-9-28(10-8-26)39-34-18-16-31(43-34)24-38-41(2,3)25-32(44-38)23-30-15-17-33(42-30)40(36-20-19-35(39)45-36)29-13-11-27(12-14-29)37(46)21-22-47(4,5)6;/h7-20,23-24H,21-22,25H2,1-6H3,(H-,42,43,44,45,46);/q-1;+2/p-1. The van der Waals surface area contributed by atoms with Gasteiger partial charge in [-0.1, -0.05) is 106 Å². The van der Waals surface area contributed by atoms with Gasteiger partial charge in [0.25, 0.3) is 0 Å². The molecule has 0 fully saturated rings. The quantitative estimate of drug-likeness (QED) is 0.282. The van der Waals surface area contributed by atoms with Crippen LogP contribution in [0.15, 0.2) is 129 Å². The topological polar surface area (TPSA) is 74.2 Å². The summed E-state index contributed by atoms with van der Waals surface area (Å²) in [5.74, 6) is 0.201. The van der Waals surface area contributed by atoms with Crippen molar-refractivity contribution in [2.45, 2.75) is 59.3 Å². The largest absolute Gasteiger partial charge is 2.00 e. The fraction of sp³-hybridized carbons (Fsp3) is 0.244. The molecule has 0 saturated heterocycles. The van der Waals surface area contributed by atoms with E-state index >= 15 is 0 Å². The van der Waals surface area contributed by atoms with Crippen molar-refractivity contribution in [2.24, 2.45) is 20.4 Å². The molecule has 0 atom stereocenters. The molecule has 8 bridgehead atoms. The van der Waals surface area contributed by atoms with Crippen LogP contribution in [0.4, 0.5) is 0 Å². The normalized spacial score (nSPS) is 17.9. The number of aryl methyl sites for hydroxylation is 1. The molecule has 48 heavy (non-hydrogen) atoms. The molecule has 236 valence electrons. The van der Waals surface area contributed by atoms with E-state index in [4.69, 9.17) is 20.0 Å². The van der Waals surface area contributed by atoms with E-state index in [1.54, 1.807) is 0 Å². The number of hydrogen-bond donors (Lipinski definition) is 0. The van der Waals surface area contributed by atoms with E-state index in [1.807, 2.05) is 24.3 Å². The number of rotatable bonds is 4. The molecule has 0 radical (unpaired) electrons. The molecule has 0 unspecified atom stereocenters. The molecule has 0 amide bonds. The van der Waals surface area contributed by atoms with E-state index in [9.17, 15) is 5.11 Å². The molecule has 2 aromatic carbocycles. The van der Waals surface area contributed by atoms with Gasteiger partial charge in [0.2, 0.25) is 0 Å². The Morgan fingerprint density at radius 1 is 0.812 bits per heavy atom. The van der Waals surface area contributed by atoms with Crippen molar-refractivity contribution in [3.63, 3.8) is 0 Å². The van der Waals surface area contributed by atoms with Gasteiger partial charge in [-0.2, -0.15) is 0 Å². The van der Waals surface area contributed by atoms with E-state index in [1.165, 1.54) is 5.56 Å². The van der Waals surface area contributed by atoms with E-state index < -0.39 is 8.07 Å². The first-order valence-electron chi connectivity index (χ1n) is 16.4. The second-order valence-corrected chi connectivity index (χ2v) is 20.4. The molecule has 7 rings (SSSR count). The summed E-state index contributed by atoms with van der Waals surface area (Å²) in [7, 11) is -1.31. The number of nitrogens with zero attached hydrogens (tertiary/aromatic N) is 4. The maximum Gasteiger partial charge on any atom is 2.00 e. The summed E-state index contributed by atoms with van der Waals surface area (Å²) in [5.41, 5.74) is 11.2. The second kappa shape index (κ2) is 13.0. The zero-order chi connectivity index (χ0) is 32.9. The van der Waals surface area contributed by atoms with Gasteiger partial charge in [0.15, 0.2) is 0 Å². The molecule has 7 heteroatoms. The summed E-state index contributed by atoms with van der Waals surface area (Å²) in [6.45, 7) is 13.5. The van der Waals surface area contributed by atoms with Crippen molar-refractivity contribution in [1.29, 1.82) is 0 Å². The van der Waals surface area contributed by atoms with Crippen LogP contribution in [0.3, 0.4) is 0 Å². The Morgan fingerprint density at radius 2 is 1.52 bits per heavy atom. The number of aliphatic imine (C=N–C) groups is 3. The van der Waals surface area contributed by atoms with Gasteiger partial charge in [0.1, 0.15) is 0 Å².